The van der Waals surface area contributed by atoms with Crippen LogP contribution in [0, 0.1) is 0 Å². The molecule has 36 heavy (non-hydrogen) atoms. The maximum Gasteiger partial charge on any atom is 0.337 e. The van der Waals surface area contributed by atoms with E-state index in [1.807, 2.05) is 44.2 Å². The summed E-state index contributed by atoms with van der Waals surface area (Å²) < 4.78 is 16.2. The summed E-state index contributed by atoms with van der Waals surface area (Å²) >= 11 is 6.50. The van der Waals surface area contributed by atoms with Gasteiger partial charge >= 0.3 is 5.97 Å². The lowest BCUT2D eigenvalue weighted by Gasteiger charge is -2.14. The fourth-order valence-corrected chi connectivity index (χ4v) is 4.04. The summed E-state index contributed by atoms with van der Waals surface area (Å²) in [5, 5.41) is 6.33. The Morgan fingerprint density at radius 2 is 1.69 bits per heavy atom. The molecule has 7 nitrogen and oxygen atoms in total. The molecule has 1 amide bonds. The number of nitrogens with zero attached hydrogens (tertiary/aromatic N) is 2. The lowest BCUT2D eigenvalue weighted by Crippen LogP contribution is -2.21. The Morgan fingerprint density at radius 3 is 2.33 bits per heavy atom. The Bertz CT molecular complexity index is 1330. The molecule has 0 aromatic heterocycles. The standard InChI is InChI=1S/C28H25ClN2O5/c1-4-35-24-17-18(16-23(29)26(24)36-5-2)15-22-25(19-9-7-6-8-10-19)30-31(27(22)32)21-13-11-20(12-14-21)28(33)34-3/h6-17H,4-5H2,1-3H3. The molecule has 184 valence electrons. The highest BCUT2D eigenvalue weighted by Crippen LogP contribution is 2.38. The first-order chi connectivity index (χ1) is 17.5. The van der Waals surface area contributed by atoms with Crippen LogP contribution in [0.2, 0.25) is 5.02 Å². The Morgan fingerprint density at radius 1 is 1.00 bits per heavy atom. The van der Waals surface area contributed by atoms with Gasteiger partial charge in [-0.3, -0.25) is 4.79 Å². The first-order valence-electron chi connectivity index (χ1n) is 11.4. The lowest BCUT2D eigenvalue weighted by atomic mass is 10.00. The number of methoxy groups -OCH3 is 1. The lowest BCUT2D eigenvalue weighted by molar-refractivity contribution is -0.114. The number of hydrogen-bond acceptors (Lipinski definition) is 6. The number of halogens is 1. The third-order valence-electron chi connectivity index (χ3n) is 5.39. The minimum atomic E-state index is -0.458. The van der Waals surface area contributed by atoms with E-state index < -0.39 is 5.97 Å². The number of hydrogen-bond donors (Lipinski definition) is 0. The fraction of sp³-hybridized carbons (Fsp3) is 0.179. The fourth-order valence-electron chi connectivity index (χ4n) is 3.77. The first-order valence-corrected chi connectivity index (χ1v) is 11.8. The Balaban J connectivity index is 1.78. The van der Waals surface area contributed by atoms with Crippen LogP contribution in [0.1, 0.15) is 35.3 Å². The Labute approximate surface area is 214 Å². The predicted octanol–water partition coefficient (Wildman–Crippen LogP) is 5.76. The van der Waals surface area contributed by atoms with Gasteiger partial charge in [-0.25, -0.2) is 4.79 Å². The van der Waals surface area contributed by atoms with Gasteiger partial charge in [0.1, 0.15) is 5.71 Å². The van der Waals surface area contributed by atoms with Crippen molar-refractivity contribution in [2.45, 2.75) is 13.8 Å². The van der Waals surface area contributed by atoms with E-state index in [0.717, 1.165) is 5.56 Å². The van der Waals surface area contributed by atoms with E-state index in [1.165, 1.54) is 12.1 Å². The van der Waals surface area contributed by atoms with Crippen LogP contribution in [-0.2, 0) is 9.53 Å². The normalized spacial score (nSPS) is 14.1. The molecule has 3 aromatic carbocycles. The molecule has 1 aliphatic rings. The summed E-state index contributed by atoms with van der Waals surface area (Å²) in [4.78, 5) is 25.4. The van der Waals surface area contributed by atoms with Crippen LogP contribution in [-0.4, -0.2) is 37.9 Å². The van der Waals surface area contributed by atoms with Crippen LogP contribution in [0.25, 0.3) is 6.08 Å². The summed E-state index contributed by atoms with van der Waals surface area (Å²) in [5.74, 6) is 0.186. The molecule has 0 unspecified atom stereocenters. The smallest absolute Gasteiger partial charge is 0.337 e. The molecular formula is C28H25ClN2O5. The molecule has 0 bridgehead atoms. The number of amides is 1. The third kappa shape index (κ3) is 5.11. The van der Waals surface area contributed by atoms with Gasteiger partial charge in [-0.2, -0.15) is 10.1 Å². The summed E-state index contributed by atoms with van der Waals surface area (Å²) in [6.07, 6.45) is 1.74. The molecule has 1 aliphatic heterocycles. The van der Waals surface area contributed by atoms with Gasteiger partial charge in [0.05, 0.1) is 42.2 Å². The molecule has 3 aromatic rings. The van der Waals surface area contributed by atoms with Gasteiger partial charge in [0.15, 0.2) is 11.5 Å². The van der Waals surface area contributed by atoms with E-state index in [1.54, 1.807) is 42.5 Å². The van der Waals surface area contributed by atoms with Crippen molar-refractivity contribution in [2.75, 3.05) is 25.3 Å². The predicted molar refractivity (Wildman–Crippen MR) is 140 cm³/mol. The Kier molecular flexibility index (Phi) is 7.71. The maximum absolute atomic E-state index is 13.6. The van der Waals surface area contributed by atoms with Gasteiger partial charge < -0.3 is 14.2 Å². The zero-order chi connectivity index (χ0) is 25.7. The largest absolute Gasteiger partial charge is 0.490 e. The number of carbonyl (C=O) groups is 2. The summed E-state index contributed by atoms with van der Waals surface area (Å²) in [5.41, 5.74) is 3.25. The SMILES string of the molecule is CCOc1cc(C=C2C(=O)N(c3ccc(C(=O)OC)cc3)N=C2c2ccccc2)cc(Cl)c1OCC. The third-order valence-corrected chi connectivity index (χ3v) is 5.67. The monoisotopic (exact) mass is 504 g/mol. The minimum Gasteiger partial charge on any atom is -0.490 e. The van der Waals surface area contributed by atoms with Crippen LogP contribution >= 0.6 is 11.6 Å². The van der Waals surface area contributed by atoms with Crippen LogP contribution in [0.4, 0.5) is 5.69 Å². The summed E-state index contributed by atoms with van der Waals surface area (Å²) in [7, 11) is 1.32. The van der Waals surface area contributed by atoms with Crippen LogP contribution in [0.5, 0.6) is 11.5 Å². The average molecular weight is 505 g/mol. The second kappa shape index (κ2) is 11.1. The van der Waals surface area contributed by atoms with E-state index in [0.29, 0.717) is 57.8 Å². The highest BCUT2D eigenvalue weighted by molar-refractivity contribution is 6.37. The molecule has 8 heteroatoms. The minimum absolute atomic E-state index is 0.317. The highest BCUT2D eigenvalue weighted by Gasteiger charge is 2.32. The van der Waals surface area contributed by atoms with Gasteiger partial charge in [0, 0.05) is 5.56 Å². The molecule has 1 heterocycles. The van der Waals surface area contributed by atoms with E-state index >= 15 is 0 Å². The van der Waals surface area contributed by atoms with Crippen LogP contribution in [0.3, 0.4) is 0 Å². The number of hydrazone groups is 1. The van der Waals surface area contributed by atoms with Crippen molar-refractivity contribution in [3.63, 3.8) is 0 Å². The number of rotatable bonds is 8. The molecule has 0 aliphatic carbocycles. The topological polar surface area (TPSA) is 77.4 Å². The second-order valence-electron chi connectivity index (χ2n) is 7.72. The summed E-state index contributed by atoms with van der Waals surface area (Å²) in [6, 6.07) is 19.4. The maximum atomic E-state index is 13.6. The van der Waals surface area contributed by atoms with E-state index in [4.69, 9.17) is 25.8 Å². The average Bonchev–Trinajstić information content (AvgIpc) is 3.22. The van der Waals surface area contributed by atoms with Crippen molar-refractivity contribution in [3.05, 3.63) is 94.0 Å². The molecule has 0 saturated heterocycles. The number of ether oxygens (including phenoxy) is 3. The number of esters is 1. The highest BCUT2D eigenvalue weighted by atomic mass is 35.5. The molecule has 0 fully saturated rings. The van der Waals surface area contributed by atoms with Crippen molar-refractivity contribution >= 4 is 41.0 Å². The molecule has 0 radical (unpaired) electrons. The van der Waals surface area contributed by atoms with Gasteiger partial charge in [-0.05, 0) is 61.9 Å². The number of carbonyl (C=O) groups excluding carboxylic acids is 2. The van der Waals surface area contributed by atoms with Crippen molar-refractivity contribution in [1.29, 1.82) is 0 Å². The second-order valence-corrected chi connectivity index (χ2v) is 8.13. The zero-order valence-electron chi connectivity index (χ0n) is 20.2. The summed E-state index contributed by atoms with van der Waals surface area (Å²) in [6.45, 7) is 4.61. The van der Waals surface area contributed by atoms with Gasteiger partial charge in [0.2, 0.25) is 0 Å². The van der Waals surface area contributed by atoms with E-state index in [-0.39, 0.29) is 5.91 Å². The van der Waals surface area contributed by atoms with E-state index in [2.05, 4.69) is 5.10 Å². The van der Waals surface area contributed by atoms with Crippen molar-refractivity contribution in [1.82, 2.24) is 0 Å². The molecule has 0 spiro atoms. The molecule has 0 saturated carbocycles. The van der Waals surface area contributed by atoms with Crippen molar-refractivity contribution < 1.29 is 23.8 Å². The first kappa shape index (κ1) is 25.0. The quantitative estimate of drug-likeness (QED) is 0.288. The van der Waals surface area contributed by atoms with Crippen molar-refractivity contribution in [2.24, 2.45) is 5.10 Å². The molecular weight excluding hydrogens is 480 g/mol. The van der Waals surface area contributed by atoms with Gasteiger partial charge in [0.25, 0.3) is 5.91 Å². The number of anilines is 1. The van der Waals surface area contributed by atoms with Crippen LogP contribution < -0.4 is 14.5 Å². The van der Waals surface area contributed by atoms with Gasteiger partial charge in [-0.15, -0.1) is 0 Å². The Hall–Kier alpha value is -4.10. The number of benzene rings is 3. The molecule has 4 rings (SSSR count). The van der Waals surface area contributed by atoms with E-state index in [9.17, 15) is 9.59 Å². The van der Waals surface area contributed by atoms with Crippen molar-refractivity contribution in [3.8, 4) is 11.5 Å². The van der Waals surface area contributed by atoms with Gasteiger partial charge in [-0.1, -0.05) is 41.9 Å². The van der Waals surface area contributed by atoms with Crippen LogP contribution in [0.15, 0.2) is 77.4 Å². The molecule has 0 N–H and O–H groups in total. The molecule has 0 atom stereocenters. The zero-order valence-corrected chi connectivity index (χ0v) is 20.9.